The van der Waals surface area contributed by atoms with E-state index in [1.165, 1.54) is 11.8 Å². The molecule has 6 heteroatoms. The number of nitrogens with zero attached hydrogens (tertiary/aromatic N) is 3. The smallest absolute Gasteiger partial charge is 0.243 e. The molecular weight excluding hydrogens is 332 g/mol. The van der Waals surface area contributed by atoms with Crippen LogP contribution in [0.1, 0.15) is 6.92 Å². The normalized spacial score (nSPS) is 16.0. The van der Waals surface area contributed by atoms with E-state index in [-0.39, 0.29) is 5.91 Å². The molecule has 0 fully saturated rings. The van der Waals surface area contributed by atoms with Crippen molar-refractivity contribution >= 4 is 29.1 Å². The Bertz CT molecular complexity index is 935. The van der Waals surface area contributed by atoms with E-state index in [0.29, 0.717) is 0 Å². The van der Waals surface area contributed by atoms with Crippen LogP contribution in [0.4, 0.5) is 5.69 Å². The average molecular weight is 348 g/mol. The van der Waals surface area contributed by atoms with Crippen LogP contribution in [0.15, 0.2) is 77.1 Å². The van der Waals surface area contributed by atoms with Gasteiger partial charge in [0.05, 0.1) is 17.6 Å². The van der Waals surface area contributed by atoms with Gasteiger partial charge in [-0.05, 0) is 19.1 Å². The molecule has 0 radical (unpaired) electrons. The van der Waals surface area contributed by atoms with Gasteiger partial charge in [-0.15, -0.1) is 0 Å². The van der Waals surface area contributed by atoms with Crippen molar-refractivity contribution in [1.82, 2.24) is 9.66 Å². The summed E-state index contributed by atoms with van der Waals surface area (Å²) in [5.41, 5.74) is 3.41. The molecule has 1 atom stereocenters. The highest BCUT2D eigenvalue weighted by atomic mass is 32.2. The molecule has 0 saturated heterocycles. The Morgan fingerprint density at radius 1 is 1.08 bits per heavy atom. The first-order valence-electron chi connectivity index (χ1n) is 7.93. The molecule has 0 bridgehead atoms. The Morgan fingerprint density at radius 3 is 2.48 bits per heavy atom. The van der Waals surface area contributed by atoms with Gasteiger partial charge in [0.2, 0.25) is 5.91 Å². The molecule has 4 rings (SSSR count). The van der Waals surface area contributed by atoms with Gasteiger partial charge < -0.3 is 5.32 Å². The fourth-order valence-electron chi connectivity index (χ4n) is 2.64. The van der Waals surface area contributed by atoms with Crippen LogP contribution in [-0.2, 0) is 4.79 Å². The standard InChI is InChI=1S/C19H16N4OS/c1-13-17(18(24)20-15-10-6-3-7-11-15)25-19-21-16(12-23(19)22-13)14-8-4-2-5-9-14/h2-12,17H,1H3,(H,20,24)/t17-/m0/s1. The summed E-state index contributed by atoms with van der Waals surface area (Å²) >= 11 is 1.42. The van der Waals surface area contributed by atoms with Crippen LogP contribution >= 0.6 is 11.8 Å². The van der Waals surface area contributed by atoms with Crippen molar-refractivity contribution in [1.29, 1.82) is 0 Å². The summed E-state index contributed by atoms with van der Waals surface area (Å²) in [6, 6.07) is 19.4. The number of hydrogen-bond acceptors (Lipinski definition) is 4. The van der Waals surface area contributed by atoms with Crippen LogP contribution in [-0.4, -0.2) is 26.5 Å². The highest BCUT2D eigenvalue weighted by Gasteiger charge is 2.29. The summed E-state index contributed by atoms with van der Waals surface area (Å²) < 4.78 is 1.74. The van der Waals surface area contributed by atoms with Gasteiger partial charge in [-0.1, -0.05) is 60.3 Å². The van der Waals surface area contributed by atoms with E-state index < -0.39 is 5.25 Å². The fourth-order valence-corrected chi connectivity index (χ4v) is 3.59. The van der Waals surface area contributed by atoms with Crippen LogP contribution in [0.3, 0.4) is 0 Å². The Morgan fingerprint density at radius 2 is 1.76 bits per heavy atom. The van der Waals surface area contributed by atoms with Gasteiger partial charge in [0.25, 0.3) is 0 Å². The van der Waals surface area contributed by atoms with Gasteiger partial charge >= 0.3 is 0 Å². The van der Waals surface area contributed by atoms with E-state index in [2.05, 4.69) is 15.4 Å². The molecule has 1 amide bonds. The number of nitrogens with one attached hydrogen (secondary N) is 1. The molecule has 0 spiro atoms. The zero-order chi connectivity index (χ0) is 17.2. The number of para-hydroxylation sites is 1. The monoisotopic (exact) mass is 348 g/mol. The molecule has 5 nitrogen and oxygen atoms in total. The van der Waals surface area contributed by atoms with Crippen molar-refractivity contribution < 1.29 is 4.79 Å². The van der Waals surface area contributed by atoms with Crippen molar-refractivity contribution in [2.24, 2.45) is 5.10 Å². The zero-order valence-corrected chi connectivity index (χ0v) is 14.4. The largest absolute Gasteiger partial charge is 0.325 e. The predicted octanol–water partition coefficient (Wildman–Crippen LogP) is 3.89. The predicted molar refractivity (Wildman–Crippen MR) is 101 cm³/mol. The molecule has 1 aromatic heterocycles. The van der Waals surface area contributed by atoms with Gasteiger partial charge in [0, 0.05) is 11.3 Å². The number of benzene rings is 2. The first-order valence-corrected chi connectivity index (χ1v) is 8.81. The SMILES string of the molecule is CC1=Nn2cc(-c3ccccc3)nc2S[C@@H]1C(=O)Nc1ccccc1. The molecule has 3 aromatic rings. The number of imidazole rings is 1. The molecule has 0 saturated carbocycles. The number of thioether (sulfide) groups is 1. The number of carbonyl (C=O) groups excluding carboxylic acids is 1. The second kappa shape index (κ2) is 6.57. The van der Waals surface area contributed by atoms with E-state index in [4.69, 9.17) is 0 Å². The summed E-state index contributed by atoms with van der Waals surface area (Å²) in [7, 11) is 0. The van der Waals surface area contributed by atoms with E-state index in [1.54, 1.807) is 4.68 Å². The molecule has 2 aromatic carbocycles. The molecule has 25 heavy (non-hydrogen) atoms. The number of aromatic nitrogens is 2. The molecule has 0 aliphatic carbocycles. The lowest BCUT2D eigenvalue weighted by molar-refractivity contribution is -0.114. The first kappa shape index (κ1) is 15.7. The van der Waals surface area contributed by atoms with Crippen LogP contribution < -0.4 is 5.32 Å². The number of hydrogen-bond donors (Lipinski definition) is 1. The average Bonchev–Trinajstić information content (AvgIpc) is 3.05. The summed E-state index contributed by atoms with van der Waals surface area (Å²) in [5, 5.41) is 7.79. The second-order valence-corrected chi connectivity index (χ2v) is 6.79. The minimum atomic E-state index is -0.390. The van der Waals surface area contributed by atoms with E-state index in [1.807, 2.05) is 73.8 Å². The summed E-state index contributed by atoms with van der Waals surface area (Å²) in [6.07, 6.45) is 1.90. The van der Waals surface area contributed by atoms with Crippen molar-refractivity contribution in [3.8, 4) is 11.3 Å². The minimum Gasteiger partial charge on any atom is -0.325 e. The van der Waals surface area contributed by atoms with Crippen LogP contribution in [0.25, 0.3) is 11.3 Å². The molecule has 1 aliphatic heterocycles. The van der Waals surface area contributed by atoms with Crippen LogP contribution in [0.5, 0.6) is 0 Å². The van der Waals surface area contributed by atoms with E-state index >= 15 is 0 Å². The maximum absolute atomic E-state index is 12.6. The van der Waals surface area contributed by atoms with Gasteiger partial charge in [-0.2, -0.15) is 5.10 Å². The molecular formula is C19H16N4OS. The Kier molecular flexibility index (Phi) is 4.11. The summed E-state index contributed by atoms with van der Waals surface area (Å²) in [5.74, 6) is -0.0899. The molecule has 1 aliphatic rings. The Balaban J connectivity index is 1.57. The Hall–Kier alpha value is -2.86. The zero-order valence-electron chi connectivity index (χ0n) is 13.6. The summed E-state index contributed by atoms with van der Waals surface area (Å²) in [4.78, 5) is 17.2. The Labute approximate surface area is 149 Å². The number of fused-ring (bicyclic) bond motifs is 1. The molecule has 1 N–H and O–H groups in total. The molecule has 2 heterocycles. The third-order valence-electron chi connectivity index (χ3n) is 3.87. The quantitative estimate of drug-likeness (QED) is 0.781. The minimum absolute atomic E-state index is 0.0899. The first-order chi connectivity index (χ1) is 12.2. The maximum atomic E-state index is 12.6. The van der Waals surface area contributed by atoms with Crippen molar-refractivity contribution in [2.75, 3.05) is 5.32 Å². The topological polar surface area (TPSA) is 59.3 Å². The van der Waals surface area contributed by atoms with E-state index in [9.17, 15) is 4.79 Å². The molecule has 0 unspecified atom stereocenters. The van der Waals surface area contributed by atoms with Gasteiger partial charge in [0.15, 0.2) is 5.16 Å². The second-order valence-electron chi connectivity index (χ2n) is 5.71. The highest BCUT2D eigenvalue weighted by molar-refractivity contribution is 8.01. The van der Waals surface area contributed by atoms with Gasteiger partial charge in [-0.3, -0.25) is 4.79 Å². The molecule has 124 valence electrons. The lowest BCUT2D eigenvalue weighted by Gasteiger charge is -2.19. The number of anilines is 1. The van der Waals surface area contributed by atoms with Crippen LogP contribution in [0.2, 0.25) is 0 Å². The third-order valence-corrected chi connectivity index (χ3v) is 5.15. The lowest BCUT2D eigenvalue weighted by Crippen LogP contribution is -2.33. The van der Waals surface area contributed by atoms with Crippen molar-refractivity contribution in [3.05, 3.63) is 66.9 Å². The van der Waals surface area contributed by atoms with E-state index in [0.717, 1.165) is 27.8 Å². The lowest BCUT2D eigenvalue weighted by atomic mass is 10.2. The van der Waals surface area contributed by atoms with Crippen molar-refractivity contribution in [2.45, 2.75) is 17.3 Å². The third kappa shape index (κ3) is 3.21. The van der Waals surface area contributed by atoms with Gasteiger partial charge in [-0.25, -0.2) is 9.66 Å². The van der Waals surface area contributed by atoms with Crippen molar-refractivity contribution in [3.63, 3.8) is 0 Å². The number of amides is 1. The number of carbonyl (C=O) groups is 1. The summed E-state index contributed by atoms with van der Waals surface area (Å²) in [6.45, 7) is 1.87. The highest BCUT2D eigenvalue weighted by Crippen LogP contribution is 2.31. The van der Waals surface area contributed by atoms with Gasteiger partial charge in [0.1, 0.15) is 5.25 Å². The number of rotatable bonds is 3. The maximum Gasteiger partial charge on any atom is 0.243 e. The van der Waals surface area contributed by atoms with Crippen LogP contribution in [0, 0.1) is 0 Å². The fraction of sp³-hybridized carbons (Fsp3) is 0.105.